The largest absolute Gasteiger partial charge is 0.384 e. The topological polar surface area (TPSA) is 66.0 Å². The second-order valence-corrected chi connectivity index (χ2v) is 5.04. The maximum absolute atomic E-state index is 7.37. The fourth-order valence-electron chi connectivity index (χ4n) is 1.63. The van der Waals surface area contributed by atoms with Gasteiger partial charge in [0.1, 0.15) is 5.84 Å². The molecule has 0 aliphatic heterocycles. The van der Waals surface area contributed by atoms with Gasteiger partial charge in [0.25, 0.3) is 0 Å². The highest BCUT2D eigenvalue weighted by molar-refractivity contribution is 7.07. The number of nitrogen functional groups attached to an aromatic ring is 1. The molecule has 1 aromatic carbocycles. The second-order valence-electron chi connectivity index (χ2n) is 3.92. The molecule has 0 atom stereocenters. The predicted octanol–water partition coefficient (Wildman–Crippen LogP) is 2.72. The van der Waals surface area contributed by atoms with Crippen LogP contribution < -0.4 is 10.6 Å². The molecule has 18 heavy (non-hydrogen) atoms. The zero-order valence-corrected chi connectivity index (χ0v) is 11.4. The van der Waals surface area contributed by atoms with Crippen LogP contribution >= 0.6 is 22.9 Å². The van der Waals surface area contributed by atoms with E-state index in [1.807, 2.05) is 28.9 Å². The van der Waals surface area contributed by atoms with Gasteiger partial charge in [-0.15, -0.1) is 11.3 Å². The predicted molar refractivity (Wildman–Crippen MR) is 76.7 cm³/mol. The molecule has 1 heterocycles. The summed E-state index contributed by atoms with van der Waals surface area (Å²) < 4.78 is 0. The Morgan fingerprint density at radius 3 is 2.89 bits per heavy atom. The van der Waals surface area contributed by atoms with E-state index in [9.17, 15) is 0 Å². The van der Waals surface area contributed by atoms with Crippen molar-refractivity contribution in [2.75, 3.05) is 11.9 Å². The molecular formula is C12H13ClN4S. The fraction of sp³-hybridized carbons (Fsp3) is 0.167. The third-order valence-electron chi connectivity index (χ3n) is 2.55. The van der Waals surface area contributed by atoms with Crippen LogP contribution in [0.4, 0.5) is 5.69 Å². The lowest BCUT2D eigenvalue weighted by Crippen LogP contribution is -2.18. The first-order chi connectivity index (χ1) is 8.58. The normalized spacial score (nSPS) is 10.3. The molecule has 94 valence electrons. The van der Waals surface area contributed by atoms with E-state index in [0.717, 1.165) is 11.4 Å². The van der Waals surface area contributed by atoms with Crippen LogP contribution in [0.1, 0.15) is 11.3 Å². The molecule has 0 amide bonds. The van der Waals surface area contributed by atoms with Crippen LogP contribution in [-0.4, -0.2) is 17.9 Å². The van der Waals surface area contributed by atoms with E-state index in [-0.39, 0.29) is 5.84 Å². The summed E-state index contributed by atoms with van der Waals surface area (Å²) in [4.78, 5) is 6.25. The van der Waals surface area contributed by atoms with Crippen molar-refractivity contribution in [3.05, 3.63) is 45.4 Å². The number of hydrogen-bond donors (Lipinski definition) is 2. The first kappa shape index (κ1) is 12.9. The number of rotatable bonds is 4. The van der Waals surface area contributed by atoms with E-state index < -0.39 is 0 Å². The molecule has 2 rings (SSSR count). The van der Waals surface area contributed by atoms with E-state index in [4.69, 9.17) is 22.7 Å². The Bertz CT molecular complexity index is 553. The molecule has 0 unspecified atom stereocenters. The Morgan fingerprint density at radius 2 is 2.33 bits per heavy atom. The number of hydrogen-bond acceptors (Lipinski definition) is 4. The number of thiazole rings is 1. The average Bonchev–Trinajstić information content (AvgIpc) is 2.81. The van der Waals surface area contributed by atoms with Crippen molar-refractivity contribution < 1.29 is 0 Å². The highest BCUT2D eigenvalue weighted by Crippen LogP contribution is 2.27. The minimum Gasteiger partial charge on any atom is -0.384 e. The van der Waals surface area contributed by atoms with Gasteiger partial charge in [0.05, 0.1) is 28.5 Å². The number of benzene rings is 1. The summed E-state index contributed by atoms with van der Waals surface area (Å²) >= 11 is 7.77. The zero-order chi connectivity index (χ0) is 13.1. The van der Waals surface area contributed by atoms with Gasteiger partial charge in [-0.1, -0.05) is 11.6 Å². The van der Waals surface area contributed by atoms with E-state index >= 15 is 0 Å². The van der Waals surface area contributed by atoms with Gasteiger partial charge in [0, 0.05) is 18.0 Å². The molecule has 0 saturated heterocycles. The lowest BCUT2D eigenvalue weighted by molar-refractivity contribution is 0.895. The van der Waals surface area contributed by atoms with Crippen molar-refractivity contribution in [2.45, 2.75) is 6.54 Å². The Kier molecular flexibility index (Phi) is 3.84. The van der Waals surface area contributed by atoms with Gasteiger partial charge in [0.15, 0.2) is 0 Å². The molecule has 0 bridgehead atoms. The third-order valence-corrected chi connectivity index (χ3v) is 3.49. The molecule has 0 fully saturated rings. The first-order valence-electron chi connectivity index (χ1n) is 5.30. The average molecular weight is 281 g/mol. The Labute approximate surface area is 115 Å². The first-order valence-corrected chi connectivity index (χ1v) is 6.62. The van der Waals surface area contributed by atoms with Gasteiger partial charge >= 0.3 is 0 Å². The van der Waals surface area contributed by atoms with Gasteiger partial charge in [-0.05, 0) is 18.2 Å². The molecule has 0 saturated carbocycles. The van der Waals surface area contributed by atoms with Crippen molar-refractivity contribution >= 4 is 34.5 Å². The van der Waals surface area contributed by atoms with Crippen LogP contribution in [0.2, 0.25) is 5.02 Å². The van der Waals surface area contributed by atoms with Crippen LogP contribution in [0.15, 0.2) is 29.1 Å². The lowest BCUT2D eigenvalue weighted by atomic mass is 10.2. The molecule has 4 nitrogen and oxygen atoms in total. The minimum atomic E-state index is 0.0191. The number of nitrogens with one attached hydrogen (secondary N) is 1. The summed E-state index contributed by atoms with van der Waals surface area (Å²) in [5.74, 6) is 0.0191. The Hall–Kier alpha value is -1.59. The molecule has 0 spiro atoms. The smallest absolute Gasteiger partial charge is 0.122 e. The number of amidine groups is 1. The molecule has 0 radical (unpaired) electrons. The molecule has 6 heteroatoms. The van der Waals surface area contributed by atoms with Crippen LogP contribution in [-0.2, 0) is 6.54 Å². The van der Waals surface area contributed by atoms with Crippen molar-refractivity contribution in [3.8, 4) is 0 Å². The van der Waals surface area contributed by atoms with Gasteiger partial charge < -0.3 is 10.6 Å². The number of anilines is 1. The van der Waals surface area contributed by atoms with Gasteiger partial charge in [-0.2, -0.15) is 0 Å². The van der Waals surface area contributed by atoms with Crippen LogP contribution in [0, 0.1) is 5.41 Å². The van der Waals surface area contributed by atoms with Gasteiger partial charge in [0.2, 0.25) is 0 Å². The molecule has 0 aliphatic carbocycles. The molecular weight excluding hydrogens is 268 g/mol. The second kappa shape index (κ2) is 5.37. The quantitative estimate of drug-likeness (QED) is 0.668. The summed E-state index contributed by atoms with van der Waals surface area (Å²) in [6.07, 6.45) is 0. The fourth-order valence-corrected chi connectivity index (χ4v) is 2.50. The monoisotopic (exact) mass is 280 g/mol. The van der Waals surface area contributed by atoms with Crippen LogP contribution in [0.5, 0.6) is 0 Å². The summed E-state index contributed by atoms with van der Waals surface area (Å²) in [5, 5.41) is 9.96. The standard InChI is InChI=1S/C12H13ClN4S/c1-17(5-9-6-18-7-16-9)11-3-2-8(12(14)15)4-10(11)13/h2-4,6-7H,5H2,1H3,(H3,14,15). The summed E-state index contributed by atoms with van der Waals surface area (Å²) in [6, 6.07) is 5.36. The lowest BCUT2D eigenvalue weighted by Gasteiger charge is -2.20. The van der Waals surface area contributed by atoms with Crippen LogP contribution in [0.25, 0.3) is 0 Å². The highest BCUT2D eigenvalue weighted by atomic mass is 35.5. The number of halogens is 1. The maximum Gasteiger partial charge on any atom is 0.122 e. The van der Waals surface area contributed by atoms with Crippen molar-refractivity contribution in [1.82, 2.24) is 4.98 Å². The summed E-state index contributed by atoms with van der Waals surface area (Å²) in [7, 11) is 1.95. The molecule has 2 aromatic rings. The van der Waals surface area contributed by atoms with Gasteiger partial charge in [-0.25, -0.2) is 4.98 Å². The maximum atomic E-state index is 7.37. The van der Waals surface area contributed by atoms with Crippen LogP contribution in [0.3, 0.4) is 0 Å². The van der Waals surface area contributed by atoms with Crippen molar-refractivity contribution in [1.29, 1.82) is 5.41 Å². The summed E-state index contributed by atoms with van der Waals surface area (Å²) in [6.45, 7) is 0.697. The zero-order valence-electron chi connectivity index (χ0n) is 9.85. The number of nitrogens with two attached hydrogens (primary N) is 1. The van der Waals surface area contributed by atoms with Crippen molar-refractivity contribution in [3.63, 3.8) is 0 Å². The minimum absolute atomic E-state index is 0.0191. The van der Waals surface area contributed by atoms with Crippen molar-refractivity contribution in [2.24, 2.45) is 5.73 Å². The third kappa shape index (κ3) is 2.80. The molecule has 3 N–H and O–H groups in total. The number of nitrogens with zero attached hydrogens (tertiary/aromatic N) is 2. The van der Waals surface area contributed by atoms with E-state index in [1.165, 1.54) is 0 Å². The van der Waals surface area contributed by atoms with Gasteiger partial charge in [-0.3, -0.25) is 5.41 Å². The Balaban J connectivity index is 2.20. The highest BCUT2D eigenvalue weighted by Gasteiger charge is 2.09. The molecule has 1 aromatic heterocycles. The Morgan fingerprint density at radius 1 is 1.56 bits per heavy atom. The molecule has 0 aliphatic rings. The van der Waals surface area contributed by atoms with E-state index in [1.54, 1.807) is 23.5 Å². The van der Waals surface area contributed by atoms with E-state index in [2.05, 4.69) is 4.98 Å². The summed E-state index contributed by atoms with van der Waals surface area (Å²) in [5.41, 5.74) is 9.77. The van der Waals surface area contributed by atoms with E-state index in [0.29, 0.717) is 17.1 Å². The number of aromatic nitrogens is 1. The SMILES string of the molecule is CN(Cc1cscn1)c1ccc(C(=N)N)cc1Cl.